The summed E-state index contributed by atoms with van der Waals surface area (Å²) >= 11 is 0. The molecule has 2 N–H and O–H groups in total. The van der Waals surface area contributed by atoms with Crippen LogP contribution in [0.4, 0.5) is 0 Å². The normalized spacial score (nSPS) is 21.2. The topological polar surface area (TPSA) is 65.7 Å². The largest absolute Gasteiger partial charge is 0.468 e. The Balaban J connectivity index is 1.53. The number of piperidine rings is 1. The molecule has 1 unspecified atom stereocenters. The zero-order valence-corrected chi connectivity index (χ0v) is 13.8. The van der Waals surface area contributed by atoms with Crippen molar-refractivity contribution in [3.8, 4) is 0 Å². The van der Waals surface area contributed by atoms with E-state index in [-0.39, 0.29) is 12.5 Å². The average Bonchev–Trinajstić information content (AvgIpc) is 3.11. The van der Waals surface area contributed by atoms with Gasteiger partial charge in [-0.25, -0.2) is 0 Å². The number of amides is 1. The Morgan fingerprint density at radius 1 is 1.21 bits per heavy atom. The lowest BCUT2D eigenvalue weighted by Gasteiger charge is -2.38. The second-order valence-corrected chi connectivity index (χ2v) is 6.35. The minimum absolute atomic E-state index is 0.170. The van der Waals surface area contributed by atoms with Gasteiger partial charge in [0.25, 0.3) is 5.91 Å². The van der Waals surface area contributed by atoms with Gasteiger partial charge >= 0.3 is 0 Å². The van der Waals surface area contributed by atoms with Crippen molar-refractivity contribution in [2.24, 2.45) is 0 Å². The molecule has 0 saturated carbocycles. The van der Waals surface area contributed by atoms with Gasteiger partial charge < -0.3 is 19.7 Å². The zero-order valence-electron chi connectivity index (χ0n) is 13.8. The molecule has 0 radical (unpaired) electrons. The molecule has 2 heterocycles. The van der Waals surface area contributed by atoms with Crippen LogP contribution in [0.25, 0.3) is 0 Å². The molecular formula is C19H24N2O3. The molecule has 1 atom stereocenters. The first-order valence-corrected chi connectivity index (χ1v) is 8.46. The maximum absolute atomic E-state index is 12.7. The van der Waals surface area contributed by atoms with E-state index in [0.29, 0.717) is 26.1 Å². The van der Waals surface area contributed by atoms with E-state index >= 15 is 0 Å². The van der Waals surface area contributed by atoms with Crippen molar-refractivity contribution in [2.45, 2.75) is 31.4 Å². The first kappa shape index (κ1) is 16.7. The van der Waals surface area contributed by atoms with Crippen molar-refractivity contribution in [3.63, 3.8) is 0 Å². The number of carbonyl (C=O) groups excluding carboxylic acids is 1. The maximum Gasteiger partial charge on any atom is 0.255 e. The summed E-state index contributed by atoms with van der Waals surface area (Å²) in [4.78, 5) is 14.5. The molecule has 2 aromatic rings. The summed E-state index contributed by atoms with van der Waals surface area (Å²) in [5, 5.41) is 13.9. The standard InChI is InChI=1S/C19H24N2O3/c22-18-19(23,15-20-14-17-8-4-13-24-17)10-5-11-21(18)12-9-16-6-2-1-3-7-16/h1-4,6-8,13,20,23H,5,9-12,14-15H2. The highest BCUT2D eigenvalue weighted by Crippen LogP contribution is 2.22. The van der Waals surface area contributed by atoms with E-state index in [4.69, 9.17) is 4.42 Å². The summed E-state index contributed by atoms with van der Waals surface area (Å²) in [5.74, 6) is 0.624. The molecule has 24 heavy (non-hydrogen) atoms. The van der Waals surface area contributed by atoms with E-state index in [1.807, 2.05) is 30.3 Å². The van der Waals surface area contributed by atoms with Crippen molar-refractivity contribution in [1.29, 1.82) is 0 Å². The van der Waals surface area contributed by atoms with Crippen LogP contribution >= 0.6 is 0 Å². The number of benzene rings is 1. The van der Waals surface area contributed by atoms with Gasteiger partial charge in [0.1, 0.15) is 5.76 Å². The van der Waals surface area contributed by atoms with Crippen LogP contribution in [0.2, 0.25) is 0 Å². The fourth-order valence-corrected chi connectivity index (χ4v) is 3.16. The number of aliphatic hydroxyl groups is 1. The summed E-state index contributed by atoms with van der Waals surface area (Å²) in [6.45, 7) is 2.11. The Kier molecular flexibility index (Phi) is 5.33. The summed E-state index contributed by atoms with van der Waals surface area (Å²) in [6, 6.07) is 13.8. The van der Waals surface area contributed by atoms with Gasteiger partial charge in [-0.2, -0.15) is 0 Å². The van der Waals surface area contributed by atoms with E-state index in [1.54, 1.807) is 11.2 Å². The molecule has 1 aromatic heterocycles. The van der Waals surface area contributed by atoms with Crippen LogP contribution in [-0.4, -0.2) is 41.1 Å². The summed E-state index contributed by atoms with van der Waals surface area (Å²) in [6.07, 6.45) is 3.74. The van der Waals surface area contributed by atoms with Gasteiger partial charge in [0.15, 0.2) is 5.60 Å². The smallest absolute Gasteiger partial charge is 0.255 e. The van der Waals surface area contributed by atoms with Crippen molar-refractivity contribution in [3.05, 3.63) is 60.1 Å². The molecule has 5 heteroatoms. The van der Waals surface area contributed by atoms with Crippen LogP contribution in [0.3, 0.4) is 0 Å². The molecule has 1 saturated heterocycles. The lowest BCUT2D eigenvalue weighted by molar-refractivity contribution is -0.156. The molecule has 0 bridgehead atoms. The van der Waals surface area contributed by atoms with Gasteiger partial charge in [0, 0.05) is 19.6 Å². The van der Waals surface area contributed by atoms with Gasteiger partial charge in [-0.05, 0) is 37.0 Å². The van der Waals surface area contributed by atoms with Crippen molar-refractivity contribution < 1.29 is 14.3 Å². The molecular weight excluding hydrogens is 304 g/mol. The first-order valence-electron chi connectivity index (χ1n) is 8.46. The fraction of sp³-hybridized carbons (Fsp3) is 0.421. The maximum atomic E-state index is 12.7. The van der Waals surface area contributed by atoms with Crippen LogP contribution < -0.4 is 5.32 Å². The molecule has 1 aliphatic heterocycles. The Bertz CT molecular complexity index is 642. The number of hydrogen-bond donors (Lipinski definition) is 2. The van der Waals surface area contributed by atoms with Crippen LogP contribution in [0.15, 0.2) is 53.1 Å². The third-order valence-electron chi connectivity index (χ3n) is 4.51. The Labute approximate surface area is 142 Å². The molecule has 1 aromatic carbocycles. The number of likely N-dealkylation sites (tertiary alicyclic amines) is 1. The zero-order chi connectivity index (χ0) is 16.8. The van der Waals surface area contributed by atoms with E-state index in [0.717, 1.165) is 18.6 Å². The minimum Gasteiger partial charge on any atom is -0.468 e. The van der Waals surface area contributed by atoms with Gasteiger partial charge in [0.2, 0.25) is 0 Å². The highest BCUT2D eigenvalue weighted by Gasteiger charge is 2.41. The molecule has 5 nitrogen and oxygen atoms in total. The van der Waals surface area contributed by atoms with Crippen LogP contribution in [0.1, 0.15) is 24.2 Å². The van der Waals surface area contributed by atoms with E-state index in [1.165, 1.54) is 5.56 Å². The average molecular weight is 328 g/mol. The van der Waals surface area contributed by atoms with E-state index in [2.05, 4.69) is 17.4 Å². The van der Waals surface area contributed by atoms with Gasteiger partial charge in [-0.1, -0.05) is 30.3 Å². The first-order chi connectivity index (χ1) is 11.7. The lowest BCUT2D eigenvalue weighted by atomic mass is 9.91. The van der Waals surface area contributed by atoms with Crippen molar-refractivity contribution >= 4 is 5.91 Å². The molecule has 3 rings (SSSR count). The SMILES string of the molecule is O=C1N(CCc2ccccc2)CCCC1(O)CNCc1ccco1. The quantitative estimate of drug-likeness (QED) is 0.815. The van der Waals surface area contributed by atoms with Crippen LogP contribution in [-0.2, 0) is 17.8 Å². The van der Waals surface area contributed by atoms with Crippen molar-refractivity contribution in [2.75, 3.05) is 19.6 Å². The minimum atomic E-state index is -1.32. The Morgan fingerprint density at radius 3 is 2.79 bits per heavy atom. The summed E-state index contributed by atoms with van der Waals surface area (Å²) in [5.41, 5.74) is -0.114. The number of hydrogen-bond acceptors (Lipinski definition) is 4. The number of rotatable bonds is 7. The third-order valence-corrected chi connectivity index (χ3v) is 4.51. The second-order valence-electron chi connectivity index (χ2n) is 6.35. The molecule has 0 aliphatic carbocycles. The molecule has 1 aliphatic rings. The lowest BCUT2D eigenvalue weighted by Crippen LogP contribution is -2.58. The number of carbonyl (C=O) groups is 1. The van der Waals surface area contributed by atoms with Crippen molar-refractivity contribution in [1.82, 2.24) is 10.2 Å². The Hall–Kier alpha value is -2.11. The predicted molar refractivity (Wildman–Crippen MR) is 91.3 cm³/mol. The van der Waals surface area contributed by atoms with E-state index < -0.39 is 5.60 Å². The monoisotopic (exact) mass is 328 g/mol. The third kappa shape index (κ3) is 4.04. The number of nitrogens with zero attached hydrogens (tertiary/aromatic N) is 1. The number of furan rings is 1. The van der Waals surface area contributed by atoms with E-state index in [9.17, 15) is 9.90 Å². The fourth-order valence-electron chi connectivity index (χ4n) is 3.16. The van der Waals surface area contributed by atoms with Crippen LogP contribution in [0, 0.1) is 0 Å². The second kappa shape index (κ2) is 7.64. The van der Waals surface area contributed by atoms with Gasteiger partial charge in [-0.15, -0.1) is 0 Å². The molecule has 0 spiro atoms. The molecule has 1 fully saturated rings. The molecule has 128 valence electrons. The number of nitrogens with one attached hydrogen (secondary N) is 1. The van der Waals surface area contributed by atoms with Gasteiger partial charge in [-0.3, -0.25) is 4.79 Å². The Morgan fingerprint density at radius 2 is 2.04 bits per heavy atom. The van der Waals surface area contributed by atoms with Crippen LogP contribution in [0.5, 0.6) is 0 Å². The summed E-state index contributed by atoms with van der Waals surface area (Å²) in [7, 11) is 0. The molecule has 1 amide bonds. The van der Waals surface area contributed by atoms with Gasteiger partial charge in [0.05, 0.1) is 12.8 Å². The highest BCUT2D eigenvalue weighted by molar-refractivity contribution is 5.86. The summed E-state index contributed by atoms with van der Waals surface area (Å²) < 4.78 is 5.25. The predicted octanol–water partition coefficient (Wildman–Crippen LogP) is 1.97. The highest BCUT2D eigenvalue weighted by atomic mass is 16.3.